The van der Waals surface area contributed by atoms with Crippen LogP contribution in [-0.2, 0) is 6.54 Å². The Morgan fingerprint density at radius 2 is 1.91 bits per heavy atom. The summed E-state index contributed by atoms with van der Waals surface area (Å²) in [6, 6.07) is 9.23. The fraction of sp³-hybridized carbons (Fsp3) is 0.588. The molecule has 2 rings (SSSR count). The first-order valence-electron chi connectivity index (χ1n) is 7.92. The highest BCUT2D eigenvalue weighted by Gasteiger charge is 2.15. The van der Waals surface area contributed by atoms with E-state index < -0.39 is 0 Å². The van der Waals surface area contributed by atoms with Crippen LogP contribution in [0, 0.1) is 17.1 Å². The summed E-state index contributed by atoms with van der Waals surface area (Å²) < 4.78 is 13.7. The highest BCUT2D eigenvalue weighted by atomic mass is 32.2. The third-order valence-electron chi connectivity index (χ3n) is 3.96. The van der Waals surface area contributed by atoms with Crippen LogP contribution in [0.25, 0.3) is 0 Å². The molecule has 1 aromatic carbocycles. The Hall–Kier alpha value is -1.09. The van der Waals surface area contributed by atoms with Crippen molar-refractivity contribution in [2.75, 3.05) is 44.2 Å². The predicted octanol–water partition coefficient (Wildman–Crippen LogP) is 2.98. The van der Waals surface area contributed by atoms with E-state index in [1.807, 2.05) is 12.1 Å². The fourth-order valence-electron chi connectivity index (χ4n) is 2.78. The maximum absolute atomic E-state index is 13.7. The largest absolute Gasteiger partial charge is 0.302 e. The number of hydrogen-bond donors (Lipinski definition) is 0. The van der Waals surface area contributed by atoms with Crippen molar-refractivity contribution in [3.63, 3.8) is 0 Å². The molecule has 0 N–H and O–H groups in total. The summed E-state index contributed by atoms with van der Waals surface area (Å²) in [5.74, 6) is 1.55. The van der Waals surface area contributed by atoms with Gasteiger partial charge in [0.2, 0.25) is 0 Å². The van der Waals surface area contributed by atoms with Crippen molar-refractivity contribution in [2.24, 2.45) is 0 Å². The molecule has 1 heterocycles. The first-order chi connectivity index (χ1) is 10.8. The first kappa shape index (κ1) is 17.3. The van der Waals surface area contributed by atoms with Gasteiger partial charge in [-0.2, -0.15) is 5.26 Å². The molecule has 1 aliphatic heterocycles. The van der Waals surface area contributed by atoms with Gasteiger partial charge in [0.05, 0.1) is 11.8 Å². The van der Waals surface area contributed by atoms with Crippen molar-refractivity contribution in [3.8, 4) is 6.07 Å². The van der Waals surface area contributed by atoms with Crippen molar-refractivity contribution in [1.29, 1.82) is 5.26 Å². The van der Waals surface area contributed by atoms with Crippen LogP contribution in [0.15, 0.2) is 24.3 Å². The van der Waals surface area contributed by atoms with Crippen LogP contribution in [0.1, 0.15) is 18.4 Å². The summed E-state index contributed by atoms with van der Waals surface area (Å²) in [6.45, 7) is 6.02. The van der Waals surface area contributed by atoms with Gasteiger partial charge in [-0.05, 0) is 44.3 Å². The standard InChI is InChI=1S/C17H24FN3S/c18-17-6-2-1-5-16(17)15-21-9-3-8-20(11-12-21)10-4-13-22-14-7-19/h1-2,5-6H,3-4,8-15H2. The van der Waals surface area contributed by atoms with Crippen molar-refractivity contribution >= 4 is 11.8 Å². The fourth-order valence-corrected chi connectivity index (χ4v) is 3.35. The summed E-state index contributed by atoms with van der Waals surface area (Å²) in [5, 5.41) is 8.51. The van der Waals surface area contributed by atoms with E-state index in [9.17, 15) is 4.39 Å². The van der Waals surface area contributed by atoms with Gasteiger partial charge >= 0.3 is 0 Å². The van der Waals surface area contributed by atoms with E-state index in [-0.39, 0.29) is 5.82 Å². The maximum Gasteiger partial charge on any atom is 0.127 e. The normalized spacial score (nSPS) is 17.1. The average molecular weight is 321 g/mol. The molecule has 0 aliphatic carbocycles. The molecule has 3 nitrogen and oxygen atoms in total. The van der Waals surface area contributed by atoms with E-state index >= 15 is 0 Å². The number of benzene rings is 1. The molecular formula is C17H24FN3S. The van der Waals surface area contributed by atoms with Gasteiger partial charge in [0.1, 0.15) is 5.82 Å². The minimum absolute atomic E-state index is 0.0990. The summed E-state index contributed by atoms with van der Waals surface area (Å²) in [6.07, 6.45) is 2.28. The van der Waals surface area contributed by atoms with Crippen molar-refractivity contribution in [2.45, 2.75) is 19.4 Å². The van der Waals surface area contributed by atoms with Crippen molar-refractivity contribution < 1.29 is 4.39 Å². The third-order valence-corrected chi connectivity index (χ3v) is 4.87. The Kier molecular flexibility index (Phi) is 7.72. The lowest BCUT2D eigenvalue weighted by molar-refractivity contribution is 0.250. The predicted molar refractivity (Wildman–Crippen MR) is 90.3 cm³/mol. The van der Waals surface area contributed by atoms with Gasteiger partial charge in [-0.25, -0.2) is 4.39 Å². The van der Waals surface area contributed by atoms with Gasteiger partial charge < -0.3 is 4.90 Å². The highest BCUT2D eigenvalue weighted by Crippen LogP contribution is 2.12. The molecule has 0 atom stereocenters. The van der Waals surface area contributed by atoms with Crippen LogP contribution in [0.4, 0.5) is 4.39 Å². The molecule has 0 aromatic heterocycles. The Morgan fingerprint density at radius 3 is 2.73 bits per heavy atom. The van der Waals surface area contributed by atoms with E-state index in [0.717, 1.165) is 56.9 Å². The lowest BCUT2D eigenvalue weighted by atomic mass is 10.2. The molecule has 1 saturated heterocycles. The molecule has 120 valence electrons. The molecule has 0 bridgehead atoms. The van der Waals surface area contributed by atoms with Crippen LogP contribution in [-0.4, -0.2) is 54.0 Å². The molecule has 1 aromatic rings. The molecule has 0 saturated carbocycles. The zero-order chi connectivity index (χ0) is 15.6. The van der Waals surface area contributed by atoms with E-state index in [4.69, 9.17) is 5.26 Å². The van der Waals surface area contributed by atoms with E-state index in [2.05, 4.69) is 15.9 Å². The van der Waals surface area contributed by atoms with Gasteiger partial charge in [-0.3, -0.25) is 4.90 Å². The average Bonchev–Trinajstić information content (AvgIpc) is 2.75. The Labute approximate surface area is 137 Å². The summed E-state index contributed by atoms with van der Waals surface area (Å²) in [5.41, 5.74) is 0.795. The number of halogens is 1. The van der Waals surface area contributed by atoms with Crippen LogP contribution in [0.5, 0.6) is 0 Å². The van der Waals surface area contributed by atoms with Crippen LogP contribution < -0.4 is 0 Å². The summed E-state index contributed by atoms with van der Waals surface area (Å²) in [4.78, 5) is 4.84. The number of thioether (sulfide) groups is 1. The topological polar surface area (TPSA) is 30.3 Å². The van der Waals surface area contributed by atoms with E-state index in [1.54, 1.807) is 23.9 Å². The second kappa shape index (κ2) is 9.83. The molecule has 0 spiro atoms. The molecule has 1 fully saturated rings. The molecule has 1 aliphatic rings. The monoisotopic (exact) mass is 321 g/mol. The quantitative estimate of drug-likeness (QED) is 0.722. The Morgan fingerprint density at radius 1 is 1.14 bits per heavy atom. The molecule has 0 unspecified atom stereocenters. The first-order valence-corrected chi connectivity index (χ1v) is 9.08. The molecule has 5 heteroatoms. The SMILES string of the molecule is N#CCSCCCN1CCCN(Cc2ccccc2F)CC1. The molecule has 0 radical (unpaired) electrons. The lowest BCUT2D eigenvalue weighted by Gasteiger charge is -2.22. The molecule has 22 heavy (non-hydrogen) atoms. The minimum Gasteiger partial charge on any atom is -0.302 e. The van der Waals surface area contributed by atoms with Crippen LogP contribution in [0.2, 0.25) is 0 Å². The smallest absolute Gasteiger partial charge is 0.127 e. The Bertz CT molecular complexity index is 489. The van der Waals surface area contributed by atoms with E-state index in [0.29, 0.717) is 12.3 Å². The Balaban J connectivity index is 1.71. The van der Waals surface area contributed by atoms with Crippen molar-refractivity contribution in [1.82, 2.24) is 9.80 Å². The lowest BCUT2D eigenvalue weighted by Crippen LogP contribution is -2.31. The van der Waals surface area contributed by atoms with Gasteiger partial charge in [0, 0.05) is 25.2 Å². The summed E-state index contributed by atoms with van der Waals surface area (Å²) in [7, 11) is 0. The zero-order valence-electron chi connectivity index (χ0n) is 13.0. The minimum atomic E-state index is -0.0990. The number of nitrogens with zero attached hydrogens (tertiary/aromatic N) is 3. The maximum atomic E-state index is 13.7. The molecule has 0 amide bonds. The second-order valence-electron chi connectivity index (χ2n) is 5.63. The number of nitriles is 1. The molecular weight excluding hydrogens is 297 g/mol. The zero-order valence-corrected chi connectivity index (χ0v) is 13.8. The van der Waals surface area contributed by atoms with Gasteiger partial charge in [-0.1, -0.05) is 18.2 Å². The van der Waals surface area contributed by atoms with Gasteiger partial charge in [0.15, 0.2) is 0 Å². The van der Waals surface area contributed by atoms with Crippen molar-refractivity contribution in [3.05, 3.63) is 35.6 Å². The third kappa shape index (κ3) is 5.96. The number of hydrogen-bond acceptors (Lipinski definition) is 4. The van der Waals surface area contributed by atoms with Crippen LogP contribution in [0.3, 0.4) is 0 Å². The van der Waals surface area contributed by atoms with Gasteiger partial charge in [-0.15, -0.1) is 11.8 Å². The second-order valence-corrected chi connectivity index (χ2v) is 6.73. The number of rotatable bonds is 7. The van der Waals surface area contributed by atoms with Gasteiger partial charge in [0.25, 0.3) is 0 Å². The highest BCUT2D eigenvalue weighted by molar-refractivity contribution is 7.99. The summed E-state index contributed by atoms with van der Waals surface area (Å²) >= 11 is 1.71. The van der Waals surface area contributed by atoms with Crippen LogP contribution >= 0.6 is 11.8 Å². The van der Waals surface area contributed by atoms with E-state index in [1.165, 1.54) is 0 Å².